The van der Waals surface area contributed by atoms with Crippen molar-refractivity contribution in [1.82, 2.24) is 0 Å². The van der Waals surface area contributed by atoms with E-state index in [1.165, 1.54) is 0 Å². The fraction of sp³-hybridized carbons (Fsp3) is 0.387. The van der Waals surface area contributed by atoms with Gasteiger partial charge in [-0.3, -0.25) is 14.4 Å². The average molecular weight is 535 g/mol. The molecule has 3 aromatic rings. The Hall–Kier alpha value is -4.07. The van der Waals surface area contributed by atoms with Crippen molar-refractivity contribution >= 4 is 28.5 Å². The predicted molar refractivity (Wildman–Crippen MR) is 146 cm³/mol. The first-order chi connectivity index (χ1) is 18.8. The molecule has 0 fully saturated rings. The fourth-order valence-corrected chi connectivity index (χ4v) is 4.97. The summed E-state index contributed by atoms with van der Waals surface area (Å²) in [7, 11) is 0. The zero-order chi connectivity index (χ0) is 27.8. The highest BCUT2D eigenvalue weighted by atomic mass is 16.5. The third kappa shape index (κ3) is 7.07. The lowest BCUT2D eigenvalue weighted by molar-refractivity contribution is -0.139. The number of benzene rings is 3. The van der Waals surface area contributed by atoms with E-state index in [-0.39, 0.29) is 37.9 Å². The second kappa shape index (κ2) is 12.7. The maximum Gasteiger partial charge on any atom is 0.303 e. The monoisotopic (exact) mass is 534 g/mol. The van der Waals surface area contributed by atoms with E-state index in [4.69, 9.17) is 14.2 Å². The molecule has 2 N–H and O–H groups in total. The van der Waals surface area contributed by atoms with Crippen molar-refractivity contribution in [2.24, 2.45) is 0 Å². The van der Waals surface area contributed by atoms with Crippen LogP contribution in [-0.2, 0) is 16.0 Å². The molecule has 0 atom stereocenters. The number of rotatable bonds is 14. The lowest BCUT2D eigenvalue weighted by atomic mass is 9.82. The van der Waals surface area contributed by atoms with Gasteiger partial charge in [-0.2, -0.15) is 0 Å². The van der Waals surface area contributed by atoms with Crippen LogP contribution in [0.15, 0.2) is 54.6 Å². The summed E-state index contributed by atoms with van der Waals surface area (Å²) in [6.07, 6.45) is 1.58. The van der Waals surface area contributed by atoms with Gasteiger partial charge in [-0.05, 0) is 54.3 Å². The molecule has 0 radical (unpaired) electrons. The molecule has 0 aromatic heterocycles. The molecular weight excluding hydrogens is 500 g/mol. The Morgan fingerprint density at radius 3 is 2.31 bits per heavy atom. The van der Waals surface area contributed by atoms with Gasteiger partial charge in [-0.1, -0.05) is 43.7 Å². The number of ether oxygens (including phenoxy) is 3. The Morgan fingerprint density at radius 2 is 1.62 bits per heavy atom. The number of fused-ring (bicyclic) bond motifs is 2. The van der Waals surface area contributed by atoms with Gasteiger partial charge < -0.3 is 24.4 Å². The minimum atomic E-state index is -1.18. The van der Waals surface area contributed by atoms with Crippen LogP contribution in [0.5, 0.6) is 17.2 Å². The van der Waals surface area contributed by atoms with E-state index in [9.17, 15) is 24.6 Å². The first-order valence-electron chi connectivity index (χ1n) is 13.4. The molecule has 0 unspecified atom stereocenters. The van der Waals surface area contributed by atoms with Gasteiger partial charge in [-0.25, -0.2) is 0 Å². The quantitative estimate of drug-likeness (QED) is 0.239. The minimum Gasteiger partial charge on any atom is -0.493 e. The smallest absolute Gasteiger partial charge is 0.303 e. The third-order valence-corrected chi connectivity index (χ3v) is 6.94. The molecular formula is C31H34O8. The van der Waals surface area contributed by atoms with Crippen molar-refractivity contribution in [1.29, 1.82) is 0 Å². The van der Waals surface area contributed by atoms with Crippen molar-refractivity contribution in [3.8, 4) is 17.2 Å². The largest absolute Gasteiger partial charge is 0.493 e. The van der Waals surface area contributed by atoms with E-state index in [1.807, 2.05) is 43.3 Å². The Balaban J connectivity index is 1.46. The number of ketones is 1. The number of hydrogen-bond donors (Lipinski definition) is 2. The van der Waals surface area contributed by atoms with Gasteiger partial charge in [0.2, 0.25) is 0 Å². The van der Waals surface area contributed by atoms with Gasteiger partial charge in [0.1, 0.15) is 22.8 Å². The molecule has 0 spiro atoms. The summed E-state index contributed by atoms with van der Waals surface area (Å²) in [5, 5.41) is 20.8. The van der Waals surface area contributed by atoms with Crippen LogP contribution in [-0.4, -0.2) is 46.7 Å². The third-order valence-electron chi connectivity index (χ3n) is 6.94. The van der Waals surface area contributed by atoms with Crippen LogP contribution in [0.2, 0.25) is 0 Å². The maximum absolute atomic E-state index is 13.1. The Morgan fingerprint density at radius 1 is 0.923 bits per heavy atom. The van der Waals surface area contributed by atoms with E-state index in [1.54, 1.807) is 12.1 Å². The molecule has 1 heterocycles. The van der Waals surface area contributed by atoms with Crippen molar-refractivity contribution in [2.45, 2.75) is 63.9 Å². The molecule has 0 bridgehead atoms. The Labute approximate surface area is 227 Å². The van der Waals surface area contributed by atoms with Crippen molar-refractivity contribution in [2.75, 3.05) is 13.2 Å². The van der Waals surface area contributed by atoms with Crippen molar-refractivity contribution in [3.05, 3.63) is 65.7 Å². The van der Waals surface area contributed by atoms with E-state index >= 15 is 0 Å². The van der Waals surface area contributed by atoms with Gasteiger partial charge >= 0.3 is 11.9 Å². The lowest BCUT2D eigenvalue weighted by Gasteiger charge is -2.39. The van der Waals surface area contributed by atoms with E-state index in [2.05, 4.69) is 6.07 Å². The molecule has 1 aliphatic rings. The number of aliphatic carboxylic acids is 2. The molecule has 8 heteroatoms. The fourth-order valence-electron chi connectivity index (χ4n) is 4.97. The van der Waals surface area contributed by atoms with E-state index in [0.29, 0.717) is 43.1 Å². The van der Waals surface area contributed by atoms with Crippen molar-refractivity contribution in [3.63, 3.8) is 0 Å². The number of carbonyl (C=O) groups is 3. The molecule has 3 aromatic carbocycles. The summed E-state index contributed by atoms with van der Waals surface area (Å²) in [6, 6.07) is 17.5. The summed E-state index contributed by atoms with van der Waals surface area (Å²) in [4.78, 5) is 35.8. The van der Waals surface area contributed by atoms with Gasteiger partial charge in [0.05, 0.1) is 25.2 Å². The molecule has 0 aliphatic carbocycles. The number of carbonyl (C=O) groups excluding carboxylic acids is 1. The van der Waals surface area contributed by atoms with Gasteiger partial charge in [0, 0.05) is 24.8 Å². The Bertz CT molecular complexity index is 1330. The molecule has 0 saturated carbocycles. The normalized spacial score (nSPS) is 13.9. The number of carboxylic acids is 2. The van der Waals surface area contributed by atoms with Crippen LogP contribution < -0.4 is 14.2 Å². The van der Waals surface area contributed by atoms with Crippen LogP contribution >= 0.6 is 0 Å². The van der Waals surface area contributed by atoms with E-state index < -0.39 is 17.5 Å². The first-order valence-corrected chi connectivity index (χ1v) is 13.4. The summed E-state index contributed by atoms with van der Waals surface area (Å²) >= 11 is 0. The predicted octanol–water partition coefficient (Wildman–Crippen LogP) is 6.07. The second-order valence-corrected chi connectivity index (χ2v) is 9.90. The maximum atomic E-state index is 13.1. The highest BCUT2D eigenvalue weighted by Gasteiger charge is 2.42. The minimum absolute atomic E-state index is 0.0452. The molecule has 0 amide bonds. The van der Waals surface area contributed by atoms with Crippen molar-refractivity contribution < 1.29 is 38.8 Å². The number of carboxylic acid groups (broad SMARTS) is 2. The van der Waals surface area contributed by atoms with Crippen LogP contribution in [0.1, 0.15) is 67.8 Å². The van der Waals surface area contributed by atoms with E-state index in [0.717, 1.165) is 28.5 Å². The van der Waals surface area contributed by atoms with Gasteiger partial charge in [0.25, 0.3) is 0 Å². The standard InChI is InChI=1S/C31H34O8/c1-2-6-25-27(38-18-5-17-37-23-10-9-21-7-3-4-8-22(21)19-23)12-11-24-26(32)20-31(39-30(24)25,15-13-28(33)34)16-14-29(35)36/h3-4,7-12,19H,2,5-6,13-18,20H2,1H3,(H,33,34)(H,35,36). The average Bonchev–Trinajstić information content (AvgIpc) is 2.92. The van der Waals surface area contributed by atoms with Gasteiger partial charge in [-0.15, -0.1) is 0 Å². The number of Topliss-reactive ketones (excluding diaryl/α,β-unsaturated/α-hetero) is 1. The van der Waals surface area contributed by atoms with Crippen LogP contribution in [0.3, 0.4) is 0 Å². The molecule has 39 heavy (non-hydrogen) atoms. The summed E-state index contributed by atoms with van der Waals surface area (Å²) in [5.41, 5.74) is -0.0180. The Kier molecular flexibility index (Phi) is 9.07. The zero-order valence-electron chi connectivity index (χ0n) is 22.1. The molecule has 206 valence electrons. The summed E-state index contributed by atoms with van der Waals surface area (Å²) in [5.74, 6) is -0.457. The SMILES string of the molecule is CCCc1c(OCCCOc2ccc3ccccc3c2)ccc2c1OC(CCC(=O)O)(CCC(=O)O)CC2=O. The molecule has 4 rings (SSSR count). The first kappa shape index (κ1) is 28.0. The molecule has 8 nitrogen and oxygen atoms in total. The highest BCUT2D eigenvalue weighted by molar-refractivity contribution is 6.01. The second-order valence-electron chi connectivity index (χ2n) is 9.90. The van der Waals surface area contributed by atoms with Crippen LogP contribution in [0, 0.1) is 0 Å². The van der Waals surface area contributed by atoms with Gasteiger partial charge in [0.15, 0.2) is 5.78 Å². The molecule has 1 aliphatic heterocycles. The highest BCUT2D eigenvalue weighted by Crippen LogP contribution is 2.44. The lowest BCUT2D eigenvalue weighted by Crippen LogP contribution is -2.43. The zero-order valence-corrected chi connectivity index (χ0v) is 22.1. The summed E-state index contributed by atoms with van der Waals surface area (Å²) < 4.78 is 18.4. The summed E-state index contributed by atoms with van der Waals surface area (Å²) in [6.45, 7) is 2.86. The number of hydrogen-bond acceptors (Lipinski definition) is 6. The molecule has 0 saturated heterocycles. The van der Waals surface area contributed by atoms with Crippen LogP contribution in [0.25, 0.3) is 10.8 Å². The topological polar surface area (TPSA) is 119 Å². The van der Waals surface area contributed by atoms with Crippen LogP contribution in [0.4, 0.5) is 0 Å².